The van der Waals surface area contributed by atoms with Crippen LogP contribution in [-0.2, 0) is 19.1 Å². The average molecular weight is 242 g/mol. The summed E-state index contributed by atoms with van der Waals surface area (Å²) in [7, 11) is 0. The molecule has 1 unspecified atom stereocenters. The topological polar surface area (TPSA) is 60.4 Å². The van der Waals surface area contributed by atoms with Gasteiger partial charge in [0.15, 0.2) is 0 Å². The number of carbonyl (C=O) groups excluding carboxylic acids is 3. The van der Waals surface area contributed by atoms with Gasteiger partial charge in [0.05, 0.1) is 18.9 Å². The molecule has 0 aliphatic carbocycles. The summed E-state index contributed by atoms with van der Waals surface area (Å²) >= 11 is 0. The zero-order valence-electron chi connectivity index (χ0n) is 11.0. The third-order valence-electron chi connectivity index (χ3n) is 2.46. The number of ether oxygens (including phenoxy) is 1. The number of Topliss-reactive ketones (excluding diaryl/α,β-unsaturated/α-hetero) is 2. The number of ketones is 2. The molecule has 1 atom stereocenters. The molecule has 0 rings (SSSR count). The molecule has 0 aromatic heterocycles. The number of hydrogen-bond acceptors (Lipinski definition) is 4. The maximum atomic E-state index is 11.7. The minimum absolute atomic E-state index is 0.106. The summed E-state index contributed by atoms with van der Waals surface area (Å²) < 4.78 is 4.90. The van der Waals surface area contributed by atoms with E-state index in [1.54, 1.807) is 6.92 Å². The third-order valence-corrected chi connectivity index (χ3v) is 2.46. The van der Waals surface area contributed by atoms with Gasteiger partial charge in [-0.05, 0) is 12.8 Å². The predicted octanol–water partition coefficient (Wildman–Crippen LogP) is 2.29. The van der Waals surface area contributed by atoms with Crippen molar-refractivity contribution in [2.45, 2.75) is 52.9 Å². The maximum Gasteiger partial charge on any atom is 0.306 e. The second-order valence-corrected chi connectivity index (χ2v) is 4.01. The van der Waals surface area contributed by atoms with Crippen LogP contribution in [0.1, 0.15) is 52.9 Å². The van der Waals surface area contributed by atoms with Crippen molar-refractivity contribution >= 4 is 17.5 Å². The fraction of sp³-hybridized carbons (Fsp3) is 0.769. The Morgan fingerprint density at radius 1 is 1.00 bits per heavy atom. The standard InChI is InChI=1S/C13H22O4/c1-4-7-12(15)10(11(14)6-3)9-13(16)17-8-5-2/h10H,4-9H2,1-3H3. The van der Waals surface area contributed by atoms with Crippen LogP contribution >= 0.6 is 0 Å². The lowest BCUT2D eigenvalue weighted by molar-refractivity contribution is -0.149. The Balaban J connectivity index is 4.43. The molecule has 0 aromatic carbocycles. The van der Waals surface area contributed by atoms with Gasteiger partial charge in [0.1, 0.15) is 11.6 Å². The molecule has 0 aliphatic heterocycles. The van der Waals surface area contributed by atoms with Crippen molar-refractivity contribution in [3.8, 4) is 0 Å². The van der Waals surface area contributed by atoms with Gasteiger partial charge < -0.3 is 4.74 Å². The first-order valence-electron chi connectivity index (χ1n) is 6.27. The van der Waals surface area contributed by atoms with Crippen LogP contribution in [-0.4, -0.2) is 24.1 Å². The molecular formula is C13H22O4. The van der Waals surface area contributed by atoms with Crippen molar-refractivity contribution < 1.29 is 19.1 Å². The highest BCUT2D eigenvalue weighted by Crippen LogP contribution is 2.13. The molecule has 0 saturated heterocycles. The van der Waals surface area contributed by atoms with Crippen LogP contribution in [0.2, 0.25) is 0 Å². The molecule has 98 valence electrons. The summed E-state index contributed by atoms with van der Waals surface area (Å²) in [6, 6.07) is 0. The fourth-order valence-corrected chi connectivity index (χ4v) is 1.52. The van der Waals surface area contributed by atoms with Crippen molar-refractivity contribution in [3.63, 3.8) is 0 Å². The average Bonchev–Trinajstić information content (AvgIpc) is 2.32. The first-order chi connectivity index (χ1) is 8.06. The zero-order valence-corrected chi connectivity index (χ0v) is 11.0. The second kappa shape index (κ2) is 8.90. The Morgan fingerprint density at radius 2 is 1.65 bits per heavy atom. The number of rotatable bonds is 9. The highest BCUT2D eigenvalue weighted by molar-refractivity contribution is 6.04. The molecule has 0 spiro atoms. The molecule has 0 aromatic rings. The van der Waals surface area contributed by atoms with E-state index >= 15 is 0 Å². The van der Waals surface area contributed by atoms with Gasteiger partial charge in [0.25, 0.3) is 0 Å². The van der Waals surface area contributed by atoms with E-state index in [1.807, 2.05) is 13.8 Å². The van der Waals surface area contributed by atoms with Gasteiger partial charge in [0.2, 0.25) is 0 Å². The highest BCUT2D eigenvalue weighted by Gasteiger charge is 2.27. The molecule has 0 amide bonds. The van der Waals surface area contributed by atoms with Crippen molar-refractivity contribution in [2.24, 2.45) is 5.92 Å². The van der Waals surface area contributed by atoms with E-state index in [9.17, 15) is 14.4 Å². The highest BCUT2D eigenvalue weighted by atomic mass is 16.5. The Bertz CT molecular complexity index is 271. The third kappa shape index (κ3) is 6.19. The van der Waals surface area contributed by atoms with Crippen LogP contribution in [0.5, 0.6) is 0 Å². The predicted molar refractivity (Wildman–Crippen MR) is 64.6 cm³/mol. The molecule has 0 heterocycles. The van der Waals surface area contributed by atoms with Gasteiger partial charge in [-0.3, -0.25) is 14.4 Å². The molecule has 0 aliphatic rings. The van der Waals surface area contributed by atoms with E-state index < -0.39 is 11.9 Å². The first-order valence-corrected chi connectivity index (χ1v) is 6.27. The zero-order chi connectivity index (χ0) is 13.3. The number of esters is 1. The van der Waals surface area contributed by atoms with E-state index in [0.29, 0.717) is 19.4 Å². The normalized spacial score (nSPS) is 11.9. The van der Waals surface area contributed by atoms with Crippen LogP contribution in [0.15, 0.2) is 0 Å². The van der Waals surface area contributed by atoms with Crippen molar-refractivity contribution in [2.75, 3.05) is 6.61 Å². The summed E-state index contributed by atoms with van der Waals surface area (Å²) in [4.78, 5) is 34.7. The summed E-state index contributed by atoms with van der Waals surface area (Å²) in [5.41, 5.74) is 0. The Hall–Kier alpha value is -1.19. The van der Waals surface area contributed by atoms with E-state index in [2.05, 4.69) is 0 Å². The SMILES string of the molecule is CCCOC(=O)CC(C(=O)CC)C(=O)CCC. The minimum atomic E-state index is -0.802. The first kappa shape index (κ1) is 15.8. The van der Waals surface area contributed by atoms with Gasteiger partial charge >= 0.3 is 5.97 Å². The van der Waals surface area contributed by atoms with E-state index in [1.165, 1.54) is 0 Å². The smallest absolute Gasteiger partial charge is 0.306 e. The lowest BCUT2D eigenvalue weighted by Crippen LogP contribution is -2.27. The van der Waals surface area contributed by atoms with Gasteiger partial charge in [-0.2, -0.15) is 0 Å². The van der Waals surface area contributed by atoms with E-state index in [-0.39, 0.29) is 24.4 Å². The minimum Gasteiger partial charge on any atom is -0.466 e. The van der Waals surface area contributed by atoms with E-state index in [0.717, 1.165) is 6.42 Å². The molecule has 4 heteroatoms. The number of carbonyl (C=O) groups is 3. The van der Waals surface area contributed by atoms with E-state index in [4.69, 9.17) is 4.74 Å². The monoisotopic (exact) mass is 242 g/mol. The molecule has 0 saturated carbocycles. The van der Waals surface area contributed by atoms with Gasteiger partial charge in [0, 0.05) is 12.8 Å². The molecule has 17 heavy (non-hydrogen) atoms. The maximum absolute atomic E-state index is 11.7. The molecule has 4 nitrogen and oxygen atoms in total. The molecule has 0 radical (unpaired) electrons. The lowest BCUT2D eigenvalue weighted by atomic mass is 9.91. The summed E-state index contributed by atoms with van der Waals surface area (Å²) in [5, 5.41) is 0. The number of hydrogen-bond donors (Lipinski definition) is 0. The van der Waals surface area contributed by atoms with Crippen LogP contribution in [0.3, 0.4) is 0 Å². The molecule has 0 N–H and O–H groups in total. The summed E-state index contributed by atoms with van der Waals surface area (Å²) in [5.74, 6) is -1.57. The van der Waals surface area contributed by atoms with Crippen molar-refractivity contribution in [1.82, 2.24) is 0 Å². The Labute approximate surface area is 103 Å². The van der Waals surface area contributed by atoms with Gasteiger partial charge in [-0.15, -0.1) is 0 Å². The largest absolute Gasteiger partial charge is 0.466 e. The fourth-order valence-electron chi connectivity index (χ4n) is 1.52. The molecular weight excluding hydrogens is 220 g/mol. The quantitative estimate of drug-likeness (QED) is 0.460. The molecule has 0 bridgehead atoms. The second-order valence-electron chi connectivity index (χ2n) is 4.01. The molecule has 0 fully saturated rings. The van der Waals surface area contributed by atoms with Crippen LogP contribution in [0.4, 0.5) is 0 Å². The Kier molecular flexibility index (Phi) is 8.28. The van der Waals surface area contributed by atoms with Crippen molar-refractivity contribution in [3.05, 3.63) is 0 Å². The Morgan fingerprint density at radius 3 is 2.12 bits per heavy atom. The summed E-state index contributed by atoms with van der Waals surface area (Å²) in [6.45, 7) is 5.81. The van der Waals surface area contributed by atoms with Gasteiger partial charge in [-0.25, -0.2) is 0 Å². The van der Waals surface area contributed by atoms with Gasteiger partial charge in [-0.1, -0.05) is 20.8 Å². The van der Waals surface area contributed by atoms with Crippen LogP contribution < -0.4 is 0 Å². The lowest BCUT2D eigenvalue weighted by Gasteiger charge is -2.12. The van der Waals surface area contributed by atoms with Crippen molar-refractivity contribution in [1.29, 1.82) is 0 Å². The van der Waals surface area contributed by atoms with Crippen LogP contribution in [0.25, 0.3) is 0 Å². The van der Waals surface area contributed by atoms with Crippen LogP contribution in [0, 0.1) is 5.92 Å². The summed E-state index contributed by atoms with van der Waals surface area (Å²) in [6.07, 6.45) is 1.95.